The van der Waals surface area contributed by atoms with Gasteiger partial charge in [-0.15, -0.1) is 0 Å². The monoisotopic (exact) mass is 366 g/mol. The molecule has 0 radical (unpaired) electrons. The van der Waals surface area contributed by atoms with Crippen LogP contribution < -0.4 is 21.2 Å². The third kappa shape index (κ3) is 3.14. The Morgan fingerprint density at radius 2 is 0.778 bits per heavy atom. The summed E-state index contributed by atoms with van der Waals surface area (Å²) in [4.78, 5) is 0. The summed E-state index contributed by atoms with van der Waals surface area (Å²) in [6, 6.07) is 41.9. The predicted octanol–water partition coefficient (Wildman–Crippen LogP) is 4.68. The maximum atomic E-state index is 3.91. The van der Waals surface area contributed by atoms with Crippen molar-refractivity contribution in [2.45, 2.75) is 0 Å². The predicted molar refractivity (Wildman–Crippen MR) is 123 cm³/mol. The van der Waals surface area contributed by atoms with Crippen molar-refractivity contribution in [2.75, 3.05) is 0 Å². The van der Waals surface area contributed by atoms with Crippen molar-refractivity contribution in [3.05, 3.63) is 127 Å². The summed E-state index contributed by atoms with van der Waals surface area (Å²) in [5.74, 6) is 0. The zero-order valence-electron chi connectivity index (χ0n) is 15.3. The van der Waals surface area contributed by atoms with Gasteiger partial charge in [0.05, 0.1) is 0 Å². The molecule has 0 aliphatic rings. The van der Waals surface area contributed by atoms with E-state index in [2.05, 4.69) is 122 Å². The Morgan fingerprint density at radius 1 is 0.444 bits per heavy atom. The van der Waals surface area contributed by atoms with Crippen molar-refractivity contribution >= 4 is 34.6 Å². The van der Waals surface area contributed by atoms with E-state index < -0.39 is 7.26 Å². The fourth-order valence-electron chi connectivity index (χ4n) is 3.93. The zero-order valence-corrected chi connectivity index (χ0v) is 16.3. The van der Waals surface area contributed by atoms with Gasteiger partial charge < -0.3 is 0 Å². The van der Waals surface area contributed by atoms with Crippen molar-refractivity contribution in [3.8, 4) is 0 Å². The fourth-order valence-corrected chi connectivity index (χ4v) is 8.68. The molecule has 0 fully saturated rings. The van der Waals surface area contributed by atoms with E-state index in [9.17, 15) is 0 Å². The molecule has 0 saturated heterocycles. The Kier molecular flexibility index (Phi) is 5.01. The van der Waals surface area contributed by atoms with Crippen LogP contribution >= 0.6 is 7.26 Å². The normalized spacial score (nSPS) is 11.7. The van der Waals surface area contributed by atoms with E-state index in [4.69, 9.17) is 0 Å². The van der Waals surface area contributed by atoms with Gasteiger partial charge in [-0.2, -0.15) is 0 Å². The van der Waals surface area contributed by atoms with E-state index in [1.54, 1.807) is 0 Å². The summed E-state index contributed by atoms with van der Waals surface area (Å²) < 4.78 is 0. The van der Waals surface area contributed by atoms with Crippen LogP contribution in [-0.4, -0.2) is 0 Å². The van der Waals surface area contributed by atoms with Crippen LogP contribution in [0.15, 0.2) is 122 Å². The molecular weight excluding hydrogens is 343 g/mol. The van der Waals surface area contributed by atoms with Crippen molar-refractivity contribution in [3.63, 3.8) is 0 Å². The first-order chi connectivity index (χ1) is 13.4. The van der Waals surface area contributed by atoms with Crippen molar-refractivity contribution in [1.29, 1.82) is 0 Å². The van der Waals surface area contributed by atoms with Crippen LogP contribution in [0.3, 0.4) is 0 Å². The molecule has 132 valence electrons. The summed E-state index contributed by atoms with van der Waals surface area (Å²) >= 11 is 0. The van der Waals surface area contributed by atoms with Crippen LogP contribution in [0.4, 0.5) is 0 Å². The average Bonchev–Trinajstić information content (AvgIpc) is 2.77. The molecule has 0 atom stereocenters. The van der Waals surface area contributed by atoms with E-state index >= 15 is 0 Å². The number of hydrogen-bond acceptors (Lipinski definition) is 0. The van der Waals surface area contributed by atoms with Gasteiger partial charge in [0.15, 0.2) is 0 Å². The van der Waals surface area contributed by atoms with E-state index in [0.29, 0.717) is 0 Å². The number of rotatable bonds is 5. The van der Waals surface area contributed by atoms with Crippen LogP contribution in [-0.2, 0) is 0 Å². The van der Waals surface area contributed by atoms with Crippen LogP contribution in [0.5, 0.6) is 0 Å². The van der Waals surface area contributed by atoms with E-state index in [-0.39, 0.29) is 0 Å². The SMILES string of the molecule is C=Cc1ccc([PH](c2ccccc2)(c2ccccc2)c2ccccc2)cc1. The van der Waals surface area contributed by atoms with Crippen LogP contribution in [0.2, 0.25) is 0 Å². The first kappa shape index (κ1) is 17.5. The molecule has 0 bridgehead atoms. The molecule has 0 aromatic heterocycles. The van der Waals surface area contributed by atoms with Gasteiger partial charge in [-0.25, -0.2) is 0 Å². The average molecular weight is 366 g/mol. The quantitative estimate of drug-likeness (QED) is 0.450. The molecule has 0 spiro atoms. The minimum atomic E-state index is -2.37. The summed E-state index contributed by atoms with van der Waals surface area (Å²) in [6.07, 6.45) is 1.90. The summed E-state index contributed by atoms with van der Waals surface area (Å²) in [6.45, 7) is 3.91. The van der Waals surface area contributed by atoms with Crippen LogP contribution in [0.1, 0.15) is 5.56 Å². The molecule has 0 aliphatic carbocycles. The topological polar surface area (TPSA) is 0 Å². The molecule has 0 amide bonds. The summed E-state index contributed by atoms with van der Waals surface area (Å²) in [5.41, 5.74) is 1.15. The fraction of sp³-hybridized carbons (Fsp3) is 0. The first-order valence-corrected chi connectivity index (χ1v) is 11.3. The number of hydrogen-bond donors (Lipinski definition) is 0. The van der Waals surface area contributed by atoms with Crippen molar-refractivity contribution in [1.82, 2.24) is 0 Å². The molecule has 0 heterocycles. The second-order valence-electron chi connectivity index (χ2n) is 6.67. The van der Waals surface area contributed by atoms with E-state index in [1.165, 1.54) is 21.2 Å². The van der Waals surface area contributed by atoms with Crippen LogP contribution in [0, 0.1) is 0 Å². The van der Waals surface area contributed by atoms with Crippen LogP contribution in [0.25, 0.3) is 6.08 Å². The molecular formula is C26H23P. The third-order valence-electron chi connectivity index (χ3n) is 5.20. The van der Waals surface area contributed by atoms with Gasteiger partial charge in [0, 0.05) is 0 Å². The second kappa shape index (κ2) is 7.74. The Morgan fingerprint density at radius 3 is 1.11 bits per heavy atom. The van der Waals surface area contributed by atoms with Gasteiger partial charge in [-0.1, -0.05) is 0 Å². The summed E-state index contributed by atoms with van der Waals surface area (Å²) in [7, 11) is -2.37. The standard InChI is InChI=1S/C26H23P/c1-2-22-18-20-26(21-19-22)27(23-12-6-3-7-13-23,24-14-8-4-9-15-24)25-16-10-5-11-17-25/h2-21,27H,1H2. The van der Waals surface area contributed by atoms with Gasteiger partial charge in [0.2, 0.25) is 0 Å². The molecule has 4 rings (SSSR count). The zero-order chi connectivity index (χ0) is 18.5. The maximum absolute atomic E-state index is 3.91. The molecule has 4 aromatic carbocycles. The third-order valence-corrected chi connectivity index (χ3v) is 10.00. The molecule has 0 saturated carbocycles. The van der Waals surface area contributed by atoms with E-state index in [0.717, 1.165) is 5.56 Å². The molecule has 0 nitrogen and oxygen atoms in total. The van der Waals surface area contributed by atoms with Gasteiger partial charge in [-0.3, -0.25) is 0 Å². The summed E-state index contributed by atoms with van der Waals surface area (Å²) in [5, 5.41) is 5.58. The second-order valence-corrected chi connectivity index (χ2v) is 10.5. The first-order valence-electron chi connectivity index (χ1n) is 9.25. The molecule has 0 aliphatic heterocycles. The van der Waals surface area contributed by atoms with Gasteiger partial charge in [0.25, 0.3) is 0 Å². The molecule has 1 heteroatoms. The number of benzene rings is 4. The Labute approximate surface area is 162 Å². The Balaban J connectivity index is 2.10. The van der Waals surface area contributed by atoms with Crippen molar-refractivity contribution < 1.29 is 0 Å². The van der Waals surface area contributed by atoms with Gasteiger partial charge in [0.1, 0.15) is 0 Å². The van der Waals surface area contributed by atoms with Gasteiger partial charge in [-0.05, 0) is 0 Å². The van der Waals surface area contributed by atoms with E-state index in [1.807, 2.05) is 6.08 Å². The van der Waals surface area contributed by atoms with Crippen molar-refractivity contribution in [2.24, 2.45) is 0 Å². The Hall–Kier alpha value is -2.95. The minimum absolute atomic E-state index is 1.15. The molecule has 4 aromatic rings. The van der Waals surface area contributed by atoms with Gasteiger partial charge >= 0.3 is 162 Å². The molecule has 0 N–H and O–H groups in total. The molecule has 0 unspecified atom stereocenters. The Bertz CT molecular complexity index is 907. The molecule has 27 heavy (non-hydrogen) atoms.